The van der Waals surface area contributed by atoms with Crippen LogP contribution in [0.1, 0.15) is 33.9 Å². The van der Waals surface area contributed by atoms with Gasteiger partial charge in [-0.3, -0.25) is 4.79 Å². The summed E-state index contributed by atoms with van der Waals surface area (Å²) in [5.41, 5.74) is 5.35. The molecular weight excluding hydrogens is 491 g/mol. The van der Waals surface area contributed by atoms with Gasteiger partial charge < -0.3 is 4.74 Å². The Bertz CT molecular complexity index is 1630. The Hall–Kier alpha value is -5.04. The number of benzene rings is 4. The molecule has 7 heteroatoms. The molecule has 0 fully saturated rings. The number of ether oxygens (including phenoxy) is 1. The van der Waals surface area contributed by atoms with Crippen molar-refractivity contribution in [2.75, 3.05) is 7.11 Å². The number of methoxy groups -OCH3 is 1. The molecule has 6 nitrogen and oxygen atoms in total. The maximum atomic E-state index is 13.8. The highest BCUT2D eigenvalue weighted by molar-refractivity contribution is 6.05. The minimum absolute atomic E-state index is 0.207. The average molecular weight is 517 g/mol. The lowest BCUT2D eigenvalue weighted by molar-refractivity contribution is 0.0711. The number of para-hydroxylation sites is 1. The Morgan fingerprint density at radius 3 is 2.15 bits per heavy atom. The largest absolute Gasteiger partial charge is 0.497 e. The van der Waals surface area contributed by atoms with Gasteiger partial charge in [-0.05, 0) is 78.4 Å². The highest BCUT2D eigenvalue weighted by Crippen LogP contribution is 2.39. The van der Waals surface area contributed by atoms with Crippen molar-refractivity contribution in [3.05, 3.63) is 138 Å². The van der Waals surface area contributed by atoms with E-state index in [4.69, 9.17) is 14.9 Å². The zero-order valence-electron chi connectivity index (χ0n) is 21.2. The average Bonchev–Trinajstić information content (AvgIpc) is 3.64. The van der Waals surface area contributed by atoms with Crippen molar-refractivity contribution >= 4 is 11.6 Å². The van der Waals surface area contributed by atoms with E-state index in [1.54, 1.807) is 41.1 Å². The molecule has 0 radical (unpaired) electrons. The summed E-state index contributed by atoms with van der Waals surface area (Å²) in [6, 6.07) is 32.4. The van der Waals surface area contributed by atoms with Gasteiger partial charge in [0.15, 0.2) is 0 Å². The van der Waals surface area contributed by atoms with Crippen molar-refractivity contribution in [2.24, 2.45) is 5.10 Å². The highest BCUT2D eigenvalue weighted by atomic mass is 19.1. The topological polar surface area (TPSA) is 59.7 Å². The van der Waals surface area contributed by atoms with Gasteiger partial charge in [-0.15, -0.1) is 0 Å². The van der Waals surface area contributed by atoms with E-state index in [1.165, 1.54) is 12.1 Å². The first-order valence-electron chi connectivity index (χ1n) is 12.6. The van der Waals surface area contributed by atoms with Gasteiger partial charge in [-0.25, -0.2) is 14.1 Å². The van der Waals surface area contributed by atoms with Gasteiger partial charge in [0, 0.05) is 29.3 Å². The minimum Gasteiger partial charge on any atom is -0.497 e. The predicted molar refractivity (Wildman–Crippen MR) is 148 cm³/mol. The molecule has 39 heavy (non-hydrogen) atoms. The van der Waals surface area contributed by atoms with Crippen molar-refractivity contribution in [3.8, 4) is 22.7 Å². The van der Waals surface area contributed by atoms with Crippen LogP contribution >= 0.6 is 0 Å². The van der Waals surface area contributed by atoms with Crippen molar-refractivity contribution < 1.29 is 13.9 Å². The quantitative estimate of drug-likeness (QED) is 0.253. The molecule has 1 aliphatic rings. The van der Waals surface area contributed by atoms with Crippen LogP contribution in [-0.2, 0) is 0 Å². The standard InChI is InChI=1S/C32H25FN4O2/c1-39-27-18-14-22(15-19-27)29-20-30(37(34-29)32(38)24-8-4-2-5-9-24)28-21-36(26-10-6-3-7-11-26)35-31(28)23-12-16-25(33)17-13-23/h2-19,21,30H,20H2,1H3/t30-/m1/s1. The highest BCUT2D eigenvalue weighted by Gasteiger charge is 2.36. The van der Waals surface area contributed by atoms with Crippen LogP contribution in [0, 0.1) is 5.82 Å². The van der Waals surface area contributed by atoms with Crippen LogP contribution in [-0.4, -0.2) is 33.5 Å². The zero-order chi connectivity index (χ0) is 26.8. The van der Waals surface area contributed by atoms with E-state index in [9.17, 15) is 9.18 Å². The lowest BCUT2D eigenvalue weighted by Crippen LogP contribution is -2.27. The third-order valence-electron chi connectivity index (χ3n) is 6.80. The maximum absolute atomic E-state index is 13.8. The van der Waals surface area contributed by atoms with Gasteiger partial charge in [0.2, 0.25) is 0 Å². The van der Waals surface area contributed by atoms with E-state index in [0.29, 0.717) is 17.7 Å². The molecule has 0 unspecified atom stereocenters. The minimum atomic E-state index is -0.424. The van der Waals surface area contributed by atoms with E-state index >= 15 is 0 Å². The van der Waals surface area contributed by atoms with E-state index in [1.807, 2.05) is 79.0 Å². The van der Waals surface area contributed by atoms with Gasteiger partial charge in [0.25, 0.3) is 5.91 Å². The van der Waals surface area contributed by atoms with Crippen LogP contribution in [0.3, 0.4) is 0 Å². The lowest BCUT2D eigenvalue weighted by atomic mass is 9.96. The van der Waals surface area contributed by atoms with Gasteiger partial charge in [-0.2, -0.15) is 10.2 Å². The molecular formula is C32H25FN4O2. The Labute approximate surface area is 225 Å². The second-order valence-electron chi connectivity index (χ2n) is 9.23. The number of aromatic nitrogens is 2. The van der Waals surface area contributed by atoms with Crippen LogP contribution in [0.15, 0.2) is 120 Å². The predicted octanol–water partition coefficient (Wildman–Crippen LogP) is 6.68. The van der Waals surface area contributed by atoms with Gasteiger partial charge >= 0.3 is 0 Å². The van der Waals surface area contributed by atoms with E-state index in [0.717, 1.165) is 33.8 Å². The molecule has 2 heterocycles. The maximum Gasteiger partial charge on any atom is 0.274 e. The number of rotatable bonds is 6. The molecule has 0 spiro atoms. The Balaban J connectivity index is 1.48. The lowest BCUT2D eigenvalue weighted by Gasteiger charge is -2.22. The summed E-state index contributed by atoms with van der Waals surface area (Å²) in [5.74, 6) is 0.213. The first kappa shape index (κ1) is 24.3. The molecule has 1 aliphatic heterocycles. The van der Waals surface area contributed by atoms with Gasteiger partial charge in [0.05, 0.1) is 30.2 Å². The molecule has 5 aromatic rings. The monoisotopic (exact) mass is 516 g/mol. The van der Waals surface area contributed by atoms with Crippen LogP contribution < -0.4 is 4.74 Å². The fourth-order valence-electron chi connectivity index (χ4n) is 4.79. The molecule has 192 valence electrons. The second-order valence-corrected chi connectivity index (χ2v) is 9.23. The molecule has 6 rings (SSSR count). The fourth-order valence-corrected chi connectivity index (χ4v) is 4.79. The second kappa shape index (κ2) is 10.4. The smallest absolute Gasteiger partial charge is 0.274 e. The molecule has 0 saturated heterocycles. The third kappa shape index (κ3) is 4.82. The first-order chi connectivity index (χ1) is 19.1. The summed E-state index contributed by atoms with van der Waals surface area (Å²) >= 11 is 0. The molecule has 1 amide bonds. The van der Waals surface area contributed by atoms with Crippen LogP contribution in [0.4, 0.5) is 4.39 Å². The number of hydrogen-bond acceptors (Lipinski definition) is 4. The summed E-state index contributed by atoms with van der Waals surface area (Å²) in [6.07, 6.45) is 2.43. The number of nitrogens with zero attached hydrogens (tertiary/aromatic N) is 4. The summed E-state index contributed by atoms with van der Waals surface area (Å²) in [7, 11) is 1.62. The van der Waals surface area contributed by atoms with Crippen molar-refractivity contribution in [1.29, 1.82) is 0 Å². The Kier molecular flexibility index (Phi) is 6.47. The van der Waals surface area contributed by atoms with Crippen molar-refractivity contribution in [3.63, 3.8) is 0 Å². The van der Waals surface area contributed by atoms with Crippen molar-refractivity contribution in [1.82, 2.24) is 14.8 Å². The van der Waals surface area contributed by atoms with Crippen LogP contribution in [0.5, 0.6) is 5.75 Å². The number of carbonyl (C=O) groups is 1. The zero-order valence-corrected chi connectivity index (χ0v) is 21.2. The summed E-state index contributed by atoms with van der Waals surface area (Å²) in [4.78, 5) is 13.8. The first-order valence-corrected chi connectivity index (χ1v) is 12.6. The molecule has 1 aromatic heterocycles. The summed E-state index contributed by atoms with van der Waals surface area (Å²) in [6.45, 7) is 0. The van der Waals surface area contributed by atoms with Gasteiger partial charge in [-0.1, -0.05) is 36.4 Å². The Morgan fingerprint density at radius 1 is 0.846 bits per heavy atom. The number of halogens is 1. The molecule has 0 saturated carbocycles. The fraction of sp³-hybridized carbons (Fsp3) is 0.0938. The molecule has 0 N–H and O–H groups in total. The summed E-state index contributed by atoms with van der Waals surface area (Å²) < 4.78 is 20.9. The normalized spacial score (nSPS) is 14.8. The van der Waals surface area contributed by atoms with E-state index in [2.05, 4.69) is 0 Å². The summed E-state index contributed by atoms with van der Waals surface area (Å²) in [5, 5.41) is 11.3. The number of hydrazone groups is 1. The van der Waals surface area contributed by atoms with Gasteiger partial charge in [0.1, 0.15) is 11.6 Å². The van der Waals surface area contributed by atoms with Crippen LogP contribution in [0.2, 0.25) is 0 Å². The molecule has 1 atom stereocenters. The number of carbonyl (C=O) groups excluding carboxylic acids is 1. The molecule has 0 aliphatic carbocycles. The number of amides is 1. The molecule has 4 aromatic carbocycles. The van der Waals surface area contributed by atoms with E-state index in [-0.39, 0.29) is 11.7 Å². The third-order valence-corrected chi connectivity index (χ3v) is 6.80. The number of hydrogen-bond donors (Lipinski definition) is 0. The Morgan fingerprint density at radius 2 is 1.49 bits per heavy atom. The van der Waals surface area contributed by atoms with Crippen LogP contribution in [0.25, 0.3) is 16.9 Å². The SMILES string of the molecule is COc1ccc(C2=NN(C(=O)c3ccccc3)[C@@H](c3cn(-c4ccccc4)nc3-c3ccc(F)cc3)C2)cc1. The molecule has 0 bridgehead atoms. The van der Waals surface area contributed by atoms with E-state index < -0.39 is 6.04 Å². The van der Waals surface area contributed by atoms with Crippen molar-refractivity contribution in [2.45, 2.75) is 12.5 Å².